The second-order valence-corrected chi connectivity index (χ2v) is 12.9. The summed E-state index contributed by atoms with van der Waals surface area (Å²) < 4.78 is 1.90. The van der Waals surface area contributed by atoms with E-state index >= 15 is 0 Å². The monoisotopic (exact) mass is 555 g/mol. The number of hydrogen-bond acceptors (Lipinski definition) is 4. The van der Waals surface area contributed by atoms with Gasteiger partial charge in [-0.05, 0) is 87.0 Å². The Labute approximate surface area is 231 Å². The smallest absolute Gasteiger partial charge is 0.315 e. The molecule has 4 saturated carbocycles. The van der Waals surface area contributed by atoms with E-state index in [2.05, 4.69) is 52.0 Å². The highest BCUT2D eigenvalue weighted by Gasteiger charge is 2.51. The normalized spacial score (nSPS) is 25.9. The van der Waals surface area contributed by atoms with E-state index in [1.54, 1.807) is 23.9 Å². The fourth-order valence-electron chi connectivity index (χ4n) is 7.07. The summed E-state index contributed by atoms with van der Waals surface area (Å²) in [7, 11) is 0. The lowest BCUT2D eigenvalue weighted by Gasteiger charge is -2.56. The maximum Gasteiger partial charge on any atom is 0.315 e. The van der Waals surface area contributed by atoms with Gasteiger partial charge >= 0.3 is 6.03 Å². The minimum atomic E-state index is -0.136. The molecule has 2 N–H and O–H groups in total. The van der Waals surface area contributed by atoms with E-state index in [0.29, 0.717) is 26.7 Å². The van der Waals surface area contributed by atoms with E-state index in [4.69, 9.17) is 23.2 Å². The number of carbonyl (C=O) groups is 1. The maximum atomic E-state index is 13.1. The first-order valence-electron chi connectivity index (χ1n) is 13.0. The molecule has 0 aliphatic heterocycles. The number of nitrogens with one attached hydrogen (secondary N) is 2. The Hall–Kier alpha value is -2.22. The van der Waals surface area contributed by atoms with Crippen LogP contribution in [0.15, 0.2) is 47.6 Å². The fraction of sp³-hybridized carbons (Fsp3) is 0.464. The van der Waals surface area contributed by atoms with Crippen LogP contribution in [0.3, 0.4) is 0 Å². The summed E-state index contributed by atoms with van der Waals surface area (Å²) in [6.45, 7) is 2.32. The molecule has 0 radical (unpaired) electrons. The topological polar surface area (TPSA) is 71.8 Å². The van der Waals surface area contributed by atoms with Crippen molar-refractivity contribution in [3.8, 4) is 5.69 Å². The van der Waals surface area contributed by atoms with Crippen LogP contribution in [0.25, 0.3) is 5.69 Å². The van der Waals surface area contributed by atoms with Gasteiger partial charge in [0, 0.05) is 16.3 Å². The molecule has 0 atom stereocenters. The van der Waals surface area contributed by atoms with Crippen LogP contribution in [0, 0.1) is 24.7 Å². The summed E-state index contributed by atoms with van der Waals surface area (Å²) in [6.07, 6.45) is 7.36. The highest BCUT2D eigenvalue weighted by Crippen LogP contribution is 2.55. The molecule has 3 aromatic rings. The third kappa shape index (κ3) is 5.36. The summed E-state index contributed by atoms with van der Waals surface area (Å²) in [5, 5.41) is 17.1. The zero-order valence-electron chi connectivity index (χ0n) is 20.8. The number of benzene rings is 2. The lowest BCUT2D eigenvalue weighted by atomic mass is 9.53. The largest absolute Gasteiger partial charge is 0.333 e. The summed E-state index contributed by atoms with van der Waals surface area (Å²) in [5.41, 5.74) is 3.07. The number of aromatic nitrogens is 3. The number of thioether (sulfide) groups is 1. The number of amides is 2. The Morgan fingerprint density at radius 2 is 1.78 bits per heavy atom. The summed E-state index contributed by atoms with van der Waals surface area (Å²) >= 11 is 14.5. The van der Waals surface area contributed by atoms with Crippen molar-refractivity contribution in [3.05, 3.63) is 69.5 Å². The third-order valence-electron chi connectivity index (χ3n) is 8.12. The van der Waals surface area contributed by atoms with Crippen molar-refractivity contribution < 1.29 is 4.79 Å². The van der Waals surface area contributed by atoms with Crippen LogP contribution in [0.1, 0.15) is 55.5 Å². The molecule has 4 aliphatic carbocycles. The highest BCUT2D eigenvalue weighted by molar-refractivity contribution is 7.98. The first kappa shape index (κ1) is 25.1. The molecule has 2 amide bonds. The van der Waals surface area contributed by atoms with E-state index in [1.165, 1.54) is 30.4 Å². The lowest BCUT2D eigenvalue weighted by molar-refractivity contribution is -0.0135. The molecule has 9 heteroatoms. The number of urea groups is 1. The van der Waals surface area contributed by atoms with E-state index in [0.717, 1.165) is 42.8 Å². The fourth-order valence-corrected chi connectivity index (χ4v) is 8.34. The molecule has 6 nitrogen and oxygen atoms in total. The van der Waals surface area contributed by atoms with Crippen molar-refractivity contribution in [2.45, 2.75) is 68.4 Å². The minimum absolute atomic E-state index is 0.0441. The molecule has 7 rings (SSSR count). The zero-order chi connectivity index (χ0) is 25.6. The van der Waals surface area contributed by atoms with Gasteiger partial charge in [0.2, 0.25) is 0 Å². The van der Waals surface area contributed by atoms with Crippen LogP contribution >= 0.6 is 35.0 Å². The molecule has 4 aliphatic rings. The number of rotatable bonds is 7. The van der Waals surface area contributed by atoms with Gasteiger partial charge < -0.3 is 10.6 Å². The Bertz CT molecular complexity index is 1290. The van der Waals surface area contributed by atoms with Crippen molar-refractivity contribution >= 4 is 41.0 Å². The van der Waals surface area contributed by atoms with Gasteiger partial charge in [-0.1, -0.05) is 64.8 Å². The van der Waals surface area contributed by atoms with Gasteiger partial charge in [0.25, 0.3) is 0 Å². The van der Waals surface area contributed by atoms with Gasteiger partial charge in [0.1, 0.15) is 0 Å². The average Bonchev–Trinajstić information content (AvgIpc) is 3.24. The maximum absolute atomic E-state index is 13.1. The van der Waals surface area contributed by atoms with Crippen molar-refractivity contribution in [1.29, 1.82) is 0 Å². The van der Waals surface area contributed by atoms with Gasteiger partial charge in [-0.25, -0.2) is 4.79 Å². The molecule has 1 heterocycles. The molecule has 4 fully saturated rings. The van der Waals surface area contributed by atoms with Crippen molar-refractivity contribution in [2.24, 2.45) is 17.8 Å². The molecule has 37 heavy (non-hydrogen) atoms. The predicted octanol–water partition coefficient (Wildman–Crippen LogP) is 6.94. The van der Waals surface area contributed by atoms with Gasteiger partial charge in [0.15, 0.2) is 11.0 Å². The number of hydrogen-bond donors (Lipinski definition) is 2. The van der Waals surface area contributed by atoms with E-state index in [9.17, 15) is 4.79 Å². The molecule has 0 spiro atoms. The van der Waals surface area contributed by atoms with Crippen LogP contribution in [0.4, 0.5) is 4.79 Å². The predicted molar refractivity (Wildman–Crippen MR) is 148 cm³/mol. The second-order valence-electron chi connectivity index (χ2n) is 11.1. The highest BCUT2D eigenvalue weighted by atomic mass is 35.5. The Morgan fingerprint density at radius 1 is 1.05 bits per heavy atom. The summed E-state index contributed by atoms with van der Waals surface area (Å²) in [4.78, 5) is 13.1. The Morgan fingerprint density at radius 3 is 2.49 bits per heavy atom. The van der Waals surface area contributed by atoms with Crippen molar-refractivity contribution in [2.75, 3.05) is 0 Å². The van der Waals surface area contributed by atoms with Crippen LogP contribution in [-0.4, -0.2) is 26.3 Å². The number of halogens is 2. The summed E-state index contributed by atoms with van der Waals surface area (Å²) in [6, 6.07) is 13.6. The van der Waals surface area contributed by atoms with Crippen molar-refractivity contribution in [1.82, 2.24) is 25.4 Å². The van der Waals surface area contributed by atoms with Crippen LogP contribution in [0.2, 0.25) is 10.0 Å². The molecule has 4 bridgehead atoms. The zero-order valence-corrected chi connectivity index (χ0v) is 23.2. The van der Waals surface area contributed by atoms with Gasteiger partial charge in [-0.2, -0.15) is 0 Å². The van der Waals surface area contributed by atoms with Gasteiger partial charge in [0.05, 0.1) is 17.3 Å². The molecular weight excluding hydrogens is 525 g/mol. The number of carbonyl (C=O) groups excluding carboxylic acids is 1. The lowest BCUT2D eigenvalue weighted by Crippen LogP contribution is -2.61. The number of nitrogens with zero attached hydrogens (tertiary/aromatic N) is 3. The average molecular weight is 557 g/mol. The molecular formula is C28H31Cl2N5OS. The Balaban J connectivity index is 1.20. The van der Waals surface area contributed by atoms with Gasteiger partial charge in [-0.3, -0.25) is 4.57 Å². The Kier molecular flexibility index (Phi) is 6.88. The van der Waals surface area contributed by atoms with Gasteiger partial charge in [-0.15, -0.1) is 10.2 Å². The van der Waals surface area contributed by atoms with Crippen LogP contribution < -0.4 is 10.6 Å². The first-order chi connectivity index (χ1) is 17.9. The quantitative estimate of drug-likeness (QED) is 0.309. The molecule has 194 valence electrons. The van der Waals surface area contributed by atoms with Crippen LogP contribution in [-0.2, 0) is 12.3 Å². The summed E-state index contributed by atoms with van der Waals surface area (Å²) in [5.74, 6) is 3.65. The van der Waals surface area contributed by atoms with E-state index in [1.807, 2.05) is 10.6 Å². The first-order valence-corrected chi connectivity index (χ1v) is 14.7. The minimum Gasteiger partial charge on any atom is -0.333 e. The van der Waals surface area contributed by atoms with Crippen molar-refractivity contribution in [3.63, 3.8) is 0 Å². The molecule has 0 saturated heterocycles. The standard InChI is InChI=1S/C28H31Cl2N5OS/c1-17-3-2-4-18(7-17)16-37-27-34-33-25(35(27)24-11-22(29)5-6-23(24)30)15-31-26(36)32-28-12-19-8-20(13-28)10-21(9-19)14-28/h2-7,11,19-21H,8-10,12-16H2,1H3,(H2,31,32,36). The number of aryl methyl sites for hydroxylation is 1. The third-order valence-corrected chi connectivity index (χ3v) is 9.68. The molecule has 1 aromatic heterocycles. The molecule has 0 unspecified atom stereocenters. The van der Waals surface area contributed by atoms with Crippen LogP contribution in [0.5, 0.6) is 0 Å². The van der Waals surface area contributed by atoms with E-state index in [-0.39, 0.29) is 18.1 Å². The molecule has 2 aromatic carbocycles. The second kappa shape index (κ2) is 10.2. The SMILES string of the molecule is Cc1cccc(CSc2nnc(CNC(=O)NC34CC5CC(CC(C5)C3)C4)n2-c2cc(Cl)ccc2Cl)c1. The van der Waals surface area contributed by atoms with E-state index < -0.39 is 0 Å².